The third kappa shape index (κ3) is 4.25. The van der Waals surface area contributed by atoms with E-state index in [9.17, 15) is 26.3 Å². The fourth-order valence-corrected chi connectivity index (χ4v) is 2.17. The van der Waals surface area contributed by atoms with Gasteiger partial charge in [-0.25, -0.2) is 13.2 Å². The molecule has 0 aliphatic carbocycles. The normalized spacial score (nSPS) is 13.2. The van der Waals surface area contributed by atoms with Crippen molar-refractivity contribution < 1.29 is 26.3 Å². The van der Waals surface area contributed by atoms with Gasteiger partial charge in [0.25, 0.3) is 0 Å². The van der Waals surface area contributed by atoms with Gasteiger partial charge in [-0.2, -0.15) is 13.2 Å². The van der Waals surface area contributed by atoms with Gasteiger partial charge in [-0.05, 0) is 48.2 Å². The van der Waals surface area contributed by atoms with Crippen LogP contribution in [0.3, 0.4) is 0 Å². The van der Waals surface area contributed by atoms with Crippen molar-refractivity contribution in [2.45, 2.75) is 25.1 Å². The van der Waals surface area contributed by atoms with Crippen molar-refractivity contribution in [2.24, 2.45) is 5.73 Å². The smallest absolute Gasteiger partial charge is 0.324 e. The topological polar surface area (TPSA) is 26.0 Å². The van der Waals surface area contributed by atoms with Crippen LogP contribution in [0.4, 0.5) is 26.3 Å². The van der Waals surface area contributed by atoms with Crippen LogP contribution >= 0.6 is 0 Å². The van der Waals surface area contributed by atoms with E-state index in [1.807, 2.05) is 0 Å². The van der Waals surface area contributed by atoms with Crippen molar-refractivity contribution in [1.29, 1.82) is 0 Å². The van der Waals surface area contributed by atoms with E-state index >= 15 is 0 Å². The molecule has 7 heteroatoms. The third-order valence-electron chi connectivity index (χ3n) is 3.45. The maximum absolute atomic E-state index is 13.2. The first kappa shape index (κ1) is 17.3. The molecule has 2 N–H and O–H groups in total. The molecule has 0 bridgehead atoms. The monoisotopic (exact) mass is 333 g/mol. The van der Waals surface area contributed by atoms with Crippen LogP contribution in [0.15, 0.2) is 36.4 Å². The summed E-state index contributed by atoms with van der Waals surface area (Å²) in [6, 6.07) is 5.13. The zero-order chi connectivity index (χ0) is 17.2. The van der Waals surface area contributed by atoms with Crippen LogP contribution in [-0.4, -0.2) is 0 Å². The van der Waals surface area contributed by atoms with Gasteiger partial charge in [0.05, 0.1) is 5.56 Å². The second-order valence-electron chi connectivity index (χ2n) is 5.13. The molecule has 2 aromatic rings. The molecule has 1 nitrogen and oxygen atoms in total. The number of hydrogen-bond donors (Lipinski definition) is 1. The lowest BCUT2D eigenvalue weighted by Crippen LogP contribution is -2.15. The van der Waals surface area contributed by atoms with Gasteiger partial charge in [-0.3, -0.25) is 0 Å². The van der Waals surface area contributed by atoms with Crippen LogP contribution < -0.4 is 5.73 Å². The summed E-state index contributed by atoms with van der Waals surface area (Å²) in [6.07, 6.45) is -4.36. The summed E-state index contributed by atoms with van der Waals surface area (Å²) in [6.45, 7) is 0. The highest BCUT2D eigenvalue weighted by molar-refractivity contribution is 5.29. The Morgan fingerprint density at radius 3 is 2.13 bits per heavy atom. The summed E-state index contributed by atoms with van der Waals surface area (Å²) in [5.74, 6) is -3.35. The molecule has 0 radical (unpaired) electrons. The standard InChI is InChI=1S/C16H13F6N/c17-12-5-3-10(8-11(12)16(20,21)22)15(23)6-2-9-1-4-13(18)14(19)7-9/h1,3-5,7-8,15H,2,6,23H2. The highest BCUT2D eigenvalue weighted by atomic mass is 19.4. The minimum Gasteiger partial charge on any atom is -0.324 e. The Labute approximate surface area is 128 Å². The predicted octanol–water partition coefficient (Wildman–Crippen LogP) is 4.76. The first-order valence-electron chi connectivity index (χ1n) is 6.74. The van der Waals surface area contributed by atoms with E-state index in [4.69, 9.17) is 5.73 Å². The Morgan fingerprint density at radius 1 is 0.870 bits per heavy atom. The van der Waals surface area contributed by atoms with E-state index in [-0.39, 0.29) is 18.4 Å². The van der Waals surface area contributed by atoms with Gasteiger partial charge in [0.1, 0.15) is 5.82 Å². The molecule has 0 aliphatic rings. The molecule has 23 heavy (non-hydrogen) atoms. The highest BCUT2D eigenvalue weighted by Gasteiger charge is 2.34. The van der Waals surface area contributed by atoms with Crippen LogP contribution in [0, 0.1) is 17.5 Å². The molecule has 0 aliphatic heterocycles. The largest absolute Gasteiger partial charge is 0.419 e. The number of alkyl halides is 3. The van der Waals surface area contributed by atoms with Crippen molar-refractivity contribution in [3.05, 3.63) is 70.5 Å². The van der Waals surface area contributed by atoms with Gasteiger partial charge in [0.2, 0.25) is 0 Å². The lowest BCUT2D eigenvalue weighted by molar-refractivity contribution is -0.140. The van der Waals surface area contributed by atoms with Gasteiger partial charge in [-0.15, -0.1) is 0 Å². The highest BCUT2D eigenvalue weighted by Crippen LogP contribution is 2.33. The minimum absolute atomic E-state index is 0.126. The summed E-state index contributed by atoms with van der Waals surface area (Å²) < 4.78 is 77.1. The molecule has 1 unspecified atom stereocenters. The van der Waals surface area contributed by atoms with E-state index < -0.39 is 35.2 Å². The van der Waals surface area contributed by atoms with Crippen molar-refractivity contribution in [1.82, 2.24) is 0 Å². The molecule has 0 spiro atoms. The van der Waals surface area contributed by atoms with E-state index in [0.717, 1.165) is 18.2 Å². The van der Waals surface area contributed by atoms with Gasteiger partial charge < -0.3 is 5.73 Å². The summed E-state index contributed by atoms with van der Waals surface area (Å²) in [4.78, 5) is 0. The lowest BCUT2D eigenvalue weighted by Gasteiger charge is -2.15. The molecule has 0 amide bonds. The summed E-state index contributed by atoms with van der Waals surface area (Å²) in [5, 5.41) is 0. The van der Waals surface area contributed by atoms with Gasteiger partial charge >= 0.3 is 6.18 Å². The SMILES string of the molecule is NC(CCc1ccc(F)c(F)c1)c1ccc(F)c(C(F)(F)F)c1. The van der Waals surface area contributed by atoms with Crippen LogP contribution in [-0.2, 0) is 12.6 Å². The van der Waals surface area contributed by atoms with E-state index in [0.29, 0.717) is 11.6 Å². The van der Waals surface area contributed by atoms with Gasteiger partial charge in [-0.1, -0.05) is 12.1 Å². The second-order valence-corrected chi connectivity index (χ2v) is 5.13. The minimum atomic E-state index is -4.81. The Balaban J connectivity index is 2.11. The third-order valence-corrected chi connectivity index (χ3v) is 3.45. The van der Waals surface area contributed by atoms with Crippen molar-refractivity contribution in [2.75, 3.05) is 0 Å². The van der Waals surface area contributed by atoms with Gasteiger partial charge in [0.15, 0.2) is 11.6 Å². The molecule has 0 heterocycles. The molecule has 2 rings (SSSR count). The summed E-state index contributed by atoms with van der Waals surface area (Å²) in [7, 11) is 0. The molecule has 0 saturated heterocycles. The number of rotatable bonds is 4. The van der Waals surface area contributed by atoms with Crippen LogP contribution in [0.25, 0.3) is 0 Å². The molecule has 0 saturated carbocycles. The fraction of sp³-hybridized carbons (Fsp3) is 0.250. The summed E-state index contributed by atoms with van der Waals surface area (Å²) in [5.41, 5.74) is 5.03. The Kier molecular flexibility index (Phi) is 4.99. The zero-order valence-electron chi connectivity index (χ0n) is 11.8. The molecular formula is C16H13F6N. The van der Waals surface area contributed by atoms with Crippen molar-refractivity contribution in [3.8, 4) is 0 Å². The lowest BCUT2D eigenvalue weighted by atomic mass is 9.98. The Hall–Kier alpha value is -2.02. The average molecular weight is 333 g/mol. The Bertz CT molecular complexity index is 695. The first-order chi connectivity index (χ1) is 10.7. The van der Waals surface area contributed by atoms with E-state index in [1.54, 1.807) is 0 Å². The van der Waals surface area contributed by atoms with E-state index in [1.165, 1.54) is 12.1 Å². The number of aryl methyl sites for hydroxylation is 1. The second kappa shape index (κ2) is 6.62. The number of nitrogens with two attached hydrogens (primary N) is 1. The van der Waals surface area contributed by atoms with Crippen molar-refractivity contribution >= 4 is 0 Å². The maximum Gasteiger partial charge on any atom is 0.419 e. The predicted molar refractivity (Wildman–Crippen MR) is 73.0 cm³/mol. The number of halogens is 6. The van der Waals surface area contributed by atoms with E-state index in [2.05, 4.69) is 0 Å². The first-order valence-corrected chi connectivity index (χ1v) is 6.74. The average Bonchev–Trinajstić information content (AvgIpc) is 2.47. The molecule has 2 aromatic carbocycles. The molecule has 0 fully saturated rings. The molecular weight excluding hydrogens is 320 g/mol. The van der Waals surface area contributed by atoms with Crippen molar-refractivity contribution in [3.63, 3.8) is 0 Å². The number of benzene rings is 2. The molecule has 1 atom stereocenters. The van der Waals surface area contributed by atoms with Crippen LogP contribution in [0.5, 0.6) is 0 Å². The van der Waals surface area contributed by atoms with Crippen LogP contribution in [0.1, 0.15) is 29.2 Å². The van der Waals surface area contributed by atoms with Crippen LogP contribution in [0.2, 0.25) is 0 Å². The molecule has 0 aromatic heterocycles. The number of hydrogen-bond acceptors (Lipinski definition) is 1. The fourth-order valence-electron chi connectivity index (χ4n) is 2.17. The van der Waals surface area contributed by atoms with Gasteiger partial charge in [0, 0.05) is 6.04 Å². The Morgan fingerprint density at radius 2 is 1.52 bits per heavy atom. The molecule has 124 valence electrons. The quantitative estimate of drug-likeness (QED) is 0.803. The summed E-state index contributed by atoms with van der Waals surface area (Å²) >= 11 is 0. The maximum atomic E-state index is 13.2. The zero-order valence-corrected chi connectivity index (χ0v) is 11.8.